The summed E-state index contributed by atoms with van der Waals surface area (Å²) < 4.78 is 13.0. The van der Waals surface area contributed by atoms with Crippen molar-refractivity contribution in [2.24, 2.45) is 0 Å². The van der Waals surface area contributed by atoms with Gasteiger partial charge in [0.05, 0.1) is 0 Å². The zero-order valence-electron chi connectivity index (χ0n) is 10.7. The molecule has 1 aromatic carbocycles. The highest BCUT2D eigenvalue weighted by molar-refractivity contribution is 6.31. The monoisotopic (exact) mass is 284 g/mol. The van der Waals surface area contributed by atoms with Gasteiger partial charge in [-0.2, -0.15) is 0 Å². The molecule has 0 bridgehead atoms. The quantitative estimate of drug-likeness (QED) is 0.868. The van der Waals surface area contributed by atoms with Crippen LogP contribution in [-0.2, 0) is 11.3 Å². The van der Waals surface area contributed by atoms with E-state index in [1.807, 2.05) is 6.92 Å². The second-order valence-electron chi connectivity index (χ2n) is 4.71. The lowest BCUT2D eigenvalue weighted by Gasteiger charge is -2.31. The van der Waals surface area contributed by atoms with Crippen LogP contribution in [0.4, 0.5) is 9.18 Å². The maximum atomic E-state index is 13.0. The molecule has 1 heterocycles. The number of benzene rings is 1. The minimum atomic E-state index is -0.894. The van der Waals surface area contributed by atoms with E-state index in [2.05, 4.69) is 5.32 Å². The van der Waals surface area contributed by atoms with Gasteiger partial charge in [-0.3, -0.25) is 10.1 Å². The molecule has 1 saturated heterocycles. The SMILES string of the molecule is CCC1(C)C(=O)NC(=O)N1Cc1ccc(F)cc1Cl. The molecule has 0 radical (unpaired) electrons. The smallest absolute Gasteiger partial charge is 0.306 e. The van der Waals surface area contributed by atoms with Gasteiger partial charge in [0.1, 0.15) is 11.4 Å². The van der Waals surface area contributed by atoms with Crippen LogP contribution >= 0.6 is 11.6 Å². The van der Waals surface area contributed by atoms with Gasteiger partial charge in [0.15, 0.2) is 0 Å². The van der Waals surface area contributed by atoms with Crippen molar-refractivity contribution in [1.82, 2.24) is 10.2 Å². The first-order valence-electron chi connectivity index (χ1n) is 5.95. The van der Waals surface area contributed by atoms with Crippen molar-refractivity contribution in [2.45, 2.75) is 32.4 Å². The summed E-state index contributed by atoms with van der Waals surface area (Å²) in [5.41, 5.74) is -0.290. The standard InChI is InChI=1S/C13H14ClFN2O2/c1-3-13(2)11(18)16-12(19)17(13)7-8-4-5-9(15)6-10(8)14/h4-6H,3,7H2,1-2H3,(H,16,18,19). The van der Waals surface area contributed by atoms with E-state index in [9.17, 15) is 14.0 Å². The Morgan fingerprint density at radius 2 is 2.11 bits per heavy atom. The molecule has 0 saturated carbocycles. The number of rotatable bonds is 3. The molecule has 1 fully saturated rings. The Kier molecular flexibility index (Phi) is 3.49. The molecule has 0 spiro atoms. The minimum absolute atomic E-state index is 0.168. The Morgan fingerprint density at radius 1 is 1.42 bits per heavy atom. The fraction of sp³-hybridized carbons (Fsp3) is 0.385. The highest BCUT2D eigenvalue weighted by Gasteiger charge is 2.47. The van der Waals surface area contributed by atoms with E-state index in [0.29, 0.717) is 12.0 Å². The molecule has 0 aliphatic carbocycles. The van der Waals surface area contributed by atoms with Gasteiger partial charge < -0.3 is 4.90 Å². The number of carbonyl (C=O) groups excluding carboxylic acids is 2. The maximum absolute atomic E-state index is 13.0. The van der Waals surface area contributed by atoms with E-state index < -0.39 is 17.4 Å². The van der Waals surface area contributed by atoms with Crippen molar-refractivity contribution in [2.75, 3.05) is 0 Å². The predicted octanol–water partition coefficient (Wildman–Crippen LogP) is 2.70. The molecule has 0 aromatic heterocycles. The Bertz CT molecular complexity index is 549. The average molecular weight is 285 g/mol. The summed E-state index contributed by atoms with van der Waals surface area (Å²) in [6.45, 7) is 3.70. The molecule has 4 nitrogen and oxygen atoms in total. The van der Waals surface area contributed by atoms with Crippen LogP contribution in [0.1, 0.15) is 25.8 Å². The van der Waals surface area contributed by atoms with E-state index in [1.165, 1.54) is 23.1 Å². The Labute approximate surface area is 115 Å². The van der Waals surface area contributed by atoms with Gasteiger partial charge >= 0.3 is 6.03 Å². The van der Waals surface area contributed by atoms with Crippen LogP contribution < -0.4 is 5.32 Å². The minimum Gasteiger partial charge on any atom is -0.306 e. The molecule has 1 unspecified atom stereocenters. The molecule has 19 heavy (non-hydrogen) atoms. The fourth-order valence-electron chi connectivity index (χ4n) is 2.06. The second kappa shape index (κ2) is 4.81. The molecular weight excluding hydrogens is 271 g/mol. The molecular formula is C13H14ClFN2O2. The number of nitrogens with zero attached hydrogens (tertiary/aromatic N) is 1. The Balaban J connectivity index is 2.31. The van der Waals surface area contributed by atoms with Gasteiger partial charge in [-0.15, -0.1) is 0 Å². The van der Waals surface area contributed by atoms with Gasteiger partial charge in [0.25, 0.3) is 5.91 Å². The van der Waals surface area contributed by atoms with Crippen LogP contribution in [-0.4, -0.2) is 22.4 Å². The van der Waals surface area contributed by atoms with Crippen LogP contribution in [0.5, 0.6) is 0 Å². The zero-order chi connectivity index (χ0) is 14.2. The summed E-state index contributed by atoms with van der Waals surface area (Å²) in [5, 5.41) is 2.53. The van der Waals surface area contributed by atoms with E-state index in [-0.39, 0.29) is 17.5 Å². The Hall–Kier alpha value is -1.62. The molecule has 1 aliphatic heterocycles. The molecule has 1 aromatic rings. The van der Waals surface area contributed by atoms with Gasteiger partial charge in [-0.1, -0.05) is 24.6 Å². The van der Waals surface area contributed by atoms with Crippen molar-refractivity contribution in [1.29, 1.82) is 0 Å². The lowest BCUT2D eigenvalue weighted by atomic mass is 9.97. The van der Waals surface area contributed by atoms with Crippen molar-refractivity contribution >= 4 is 23.5 Å². The molecule has 1 atom stereocenters. The van der Waals surface area contributed by atoms with E-state index in [0.717, 1.165) is 0 Å². The predicted molar refractivity (Wildman–Crippen MR) is 69.2 cm³/mol. The second-order valence-corrected chi connectivity index (χ2v) is 5.12. The van der Waals surface area contributed by atoms with Crippen LogP contribution in [0.25, 0.3) is 0 Å². The van der Waals surface area contributed by atoms with Crippen molar-refractivity contribution in [3.8, 4) is 0 Å². The number of amides is 3. The molecule has 6 heteroatoms. The van der Waals surface area contributed by atoms with Gasteiger partial charge in [-0.05, 0) is 31.0 Å². The molecule has 2 rings (SSSR count). The summed E-state index contributed by atoms with van der Waals surface area (Å²) in [6.07, 6.45) is 0.489. The molecule has 3 amide bonds. The summed E-state index contributed by atoms with van der Waals surface area (Å²) in [4.78, 5) is 25.1. The molecule has 1 N–H and O–H groups in total. The van der Waals surface area contributed by atoms with Crippen LogP contribution in [0.3, 0.4) is 0 Å². The highest BCUT2D eigenvalue weighted by atomic mass is 35.5. The Morgan fingerprint density at radius 3 is 2.68 bits per heavy atom. The van der Waals surface area contributed by atoms with Gasteiger partial charge in [-0.25, -0.2) is 9.18 Å². The number of halogens is 2. The van der Waals surface area contributed by atoms with Crippen LogP contribution in [0.15, 0.2) is 18.2 Å². The van der Waals surface area contributed by atoms with Crippen LogP contribution in [0.2, 0.25) is 5.02 Å². The van der Waals surface area contributed by atoms with Crippen molar-refractivity contribution in [3.63, 3.8) is 0 Å². The number of hydrogen-bond acceptors (Lipinski definition) is 2. The van der Waals surface area contributed by atoms with Gasteiger partial charge in [0, 0.05) is 11.6 Å². The fourth-order valence-corrected chi connectivity index (χ4v) is 2.29. The molecule has 1 aliphatic rings. The van der Waals surface area contributed by atoms with E-state index in [4.69, 9.17) is 11.6 Å². The third kappa shape index (κ3) is 2.30. The summed E-state index contributed by atoms with van der Waals surface area (Å²) >= 11 is 5.95. The number of imide groups is 1. The van der Waals surface area contributed by atoms with Crippen molar-refractivity contribution in [3.05, 3.63) is 34.6 Å². The van der Waals surface area contributed by atoms with Gasteiger partial charge in [0.2, 0.25) is 0 Å². The zero-order valence-corrected chi connectivity index (χ0v) is 11.4. The molecule has 102 valence electrons. The summed E-state index contributed by atoms with van der Waals surface area (Å²) in [5.74, 6) is -0.757. The van der Waals surface area contributed by atoms with Crippen LogP contribution in [0, 0.1) is 5.82 Å². The lowest BCUT2D eigenvalue weighted by Crippen LogP contribution is -2.46. The summed E-state index contributed by atoms with van der Waals surface area (Å²) in [7, 11) is 0. The lowest BCUT2D eigenvalue weighted by molar-refractivity contribution is -0.126. The largest absolute Gasteiger partial charge is 0.325 e. The first-order valence-corrected chi connectivity index (χ1v) is 6.33. The third-order valence-electron chi connectivity index (χ3n) is 3.58. The summed E-state index contributed by atoms with van der Waals surface area (Å²) in [6, 6.07) is 3.54. The topological polar surface area (TPSA) is 49.4 Å². The van der Waals surface area contributed by atoms with E-state index >= 15 is 0 Å². The number of nitrogens with one attached hydrogen (secondary N) is 1. The first-order chi connectivity index (χ1) is 8.88. The normalized spacial score (nSPS) is 22.8. The number of carbonyl (C=O) groups is 2. The number of urea groups is 1. The average Bonchev–Trinajstić information content (AvgIpc) is 2.56. The van der Waals surface area contributed by atoms with Crippen molar-refractivity contribution < 1.29 is 14.0 Å². The van der Waals surface area contributed by atoms with E-state index in [1.54, 1.807) is 6.92 Å². The highest BCUT2D eigenvalue weighted by Crippen LogP contribution is 2.29. The first kappa shape index (κ1) is 13.8. The maximum Gasteiger partial charge on any atom is 0.325 e. The third-order valence-corrected chi connectivity index (χ3v) is 3.93. The number of hydrogen-bond donors (Lipinski definition) is 1.